The minimum Gasteiger partial charge on any atom is -0.487 e. The molecule has 94 valence electrons. The van der Waals surface area contributed by atoms with Gasteiger partial charge in [-0.3, -0.25) is 4.79 Å². The number of aliphatic hydroxyl groups is 1. The van der Waals surface area contributed by atoms with Crippen molar-refractivity contribution in [1.82, 2.24) is 4.98 Å². The van der Waals surface area contributed by atoms with Gasteiger partial charge in [0, 0.05) is 22.9 Å². The van der Waals surface area contributed by atoms with E-state index in [0.717, 1.165) is 0 Å². The Bertz CT molecular complexity index is 665. The average Bonchev–Trinajstić information content (AvgIpc) is 2.38. The van der Waals surface area contributed by atoms with Gasteiger partial charge >= 0.3 is 0 Å². The molecule has 0 aliphatic carbocycles. The number of pyridine rings is 1. The van der Waals surface area contributed by atoms with Gasteiger partial charge in [0.15, 0.2) is 5.75 Å². The molecule has 4 nitrogen and oxygen atoms in total. The second-order valence-corrected chi connectivity index (χ2v) is 4.34. The van der Waals surface area contributed by atoms with Crippen LogP contribution >= 0.6 is 0 Å². The Labute approximate surface area is 102 Å². The topological polar surface area (TPSA) is 62.3 Å². The van der Waals surface area contributed by atoms with E-state index < -0.39 is 11.7 Å². The highest BCUT2D eigenvalue weighted by molar-refractivity contribution is 5.85. The molecule has 0 spiro atoms. The van der Waals surface area contributed by atoms with Crippen LogP contribution in [0.3, 0.4) is 0 Å². The van der Waals surface area contributed by atoms with E-state index in [-0.39, 0.29) is 25.4 Å². The zero-order chi connectivity index (χ0) is 12.7. The van der Waals surface area contributed by atoms with Crippen LogP contribution in [-0.4, -0.2) is 16.7 Å². The van der Waals surface area contributed by atoms with Crippen LogP contribution in [0.4, 0.5) is 4.39 Å². The SMILES string of the molecule is O=c1[nH]c2cc(CO)ccc2c2c1OCCC2F. The number of ether oxygens (including phenoxy) is 1. The molecule has 2 aromatic rings. The van der Waals surface area contributed by atoms with Gasteiger partial charge in [0.25, 0.3) is 5.56 Å². The number of aliphatic hydroxyl groups excluding tert-OH is 1. The second kappa shape index (κ2) is 4.10. The molecule has 0 amide bonds. The van der Waals surface area contributed by atoms with Crippen molar-refractivity contribution in [3.63, 3.8) is 0 Å². The van der Waals surface area contributed by atoms with Crippen LogP contribution in [0, 0.1) is 0 Å². The number of aromatic nitrogens is 1. The molecule has 0 radical (unpaired) electrons. The fourth-order valence-corrected chi connectivity index (χ4v) is 2.31. The highest BCUT2D eigenvalue weighted by atomic mass is 19.1. The molecule has 5 heteroatoms. The minimum absolute atomic E-state index is 0.0815. The number of alkyl halides is 1. The normalized spacial score (nSPS) is 18.4. The molecule has 1 aromatic heterocycles. The van der Waals surface area contributed by atoms with Gasteiger partial charge in [-0.2, -0.15) is 0 Å². The highest BCUT2D eigenvalue weighted by Crippen LogP contribution is 2.36. The Hall–Kier alpha value is -1.88. The molecule has 1 aliphatic heterocycles. The van der Waals surface area contributed by atoms with E-state index in [4.69, 9.17) is 9.84 Å². The molecular weight excluding hydrogens is 237 g/mol. The summed E-state index contributed by atoms with van der Waals surface area (Å²) >= 11 is 0. The minimum atomic E-state index is -1.18. The van der Waals surface area contributed by atoms with Crippen molar-refractivity contribution in [1.29, 1.82) is 0 Å². The van der Waals surface area contributed by atoms with Crippen LogP contribution in [0.1, 0.15) is 23.7 Å². The number of benzene rings is 1. The molecule has 0 saturated heterocycles. The molecule has 0 fully saturated rings. The first kappa shape index (κ1) is 11.2. The van der Waals surface area contributed by atoms with E-state index in [1.54, 1.807) is 18.2 Å². The van der Waals surface area contributed by atoms with Gasteiger partial charge < -0.3 is 14.8 Å². The summed E-state index contributed by atoms with van der Waals surface area (Å²) in [5.74, 6) is 0.0815. The summed E-state index contributed by atoms with van der Waals surface area (Å²) in [7, 11) is 0. The summed E-state index contributed by atoms with van der Waals surface area (Å²) in [6.45, 7) is 0.0993. The summed E-state index contributed by atoms with van der Waals surface area (Å²) in [6, 6.07) is 5.07. The number of hydrogen-bond acceptors (Lipinski definition) is 3. The number of aromatic amines is 1. The number of halogens is 1. The quantitative estimate of drug-likeness (QED) is 0.810. The van der Waals surface area contributed by atoms with E-state index in [1.165, 1.54) is 0 Å². The fraction of sp³-hybridized carbons (Fsp3) is 0.308. The van der Waals surface area contributed by atoms with E-state index >= 15 is 0 Å². The number of rotatable bonds is 1. The molecule has 0 bridgehead atoms. The Kier molecular flexibility index (Phi) is 2.56. The van der Waals surface area contributed by atoms with Crippen molar-refractivity contribution in [2.45, 2.75) is 19.2 Å². The monoisotopic (exact) mass is 249 g/mol. The average molecular weight is 249 g/mol. The van der Waals surface area contributed by atoms with Crippen molar-refractivity contribution >= 4 is 10.9 Å². The van der Waals surface area contributed by atoms with E-state index in [9.17, 15) is 9.18 Å². The first-order valence-electron chi connectivity index (χ1n) is 5.77. The fourth-order valence-electron chi connectivity index (χ4n) is 2.31. The number of H-pyrrole nitrogens is 1. The molecule has 18 heavy (non-hydrogen) atoms. The van der Waals surface area contributed by atoms with E-state index in [2.05, 4.69) is 4.98 Å². The van der Waals surface area contributed by atoms with Gasteiger partial charge in [-0.25, -0.2) is 4.39 Å². The van der Waals surface area contributed by atoms with Crippen LogP contribution in [0.15, 0.2) is 23.0 Å². The van der Waals surface area contributed by atoms with Gasteiger partial charge in [-0.05, 0) is 11.6 Å². The standard InChI is InChI=1S/C13H12FNO3/c14-9-3-4-18-12-11(9)8-2-1-7(6-16)5-10(8)15-13(12)17/h1-2,5,9,16H,3-4,6H2,(H,15,17). The Balaban J connectivity index is 2.36. The molecule has 1 atom stereocenters. The smallest absolute Gasteiger partial charge is 0.291 e. The lowest BCUT2D eigenvalue weighted by Gasteiger charge is -2.21. The molecule has 1 unspecified atom stereocenters. The van der Waals surface area contributed by atoms with Crippen molar-refractivity contribution in [2.24, 2.45) is 0 Å². The summed E-state index contributed by atoms with van der Waals surface area (Å²) in [5.41, 5.74) is 1.10. The zero-order valence-electron chi connectivity index (χ0n) is 9.57. The van der Waals surface area contributed by atoms with Crippen LogP contribution in [0.5, 0.6) is 5.75 Å². The first-order valence-corrected chi connectivity index (χ1v) is 5.77. The van der Waals surface area contributed by atoms with Gasteiger partial charge in [-0.15, -0.1) is 0 Å². The predicted molar refractivity (Wildman–Crippen MR) is 64.5 cm³/mol. The lowest BCUT2D eigenvalue weighted by molar-refractivity contribution is 0.199. The summed E-state index contributed by atoms with van der Waals surface area (Å²) in [4.78, 5) is 14.5. The summed E-state index contributed by atoms with van der Waals surface area (Å²) in [6.07, 6.45) is -0.925. The van der Waals surface area contributed by atoms with Crippen LogP contribution < -0.4 is 10.3 Å². The van der Waals surface area contributed by atoms with Crippen LogP contribution in [0.2, 0.25) is 0 Å². The molecule has 1 aromatic carbocycles. The molecule has 3 rings (SSSR count). The Morgan fingerprint density at radius 1 is 1.50 bits per heavy atom. The van der Waals surface area contributed by atoms with E-state index in [1.807, 2.05) is 0 Å². The van der Waals surface area contributed by atoms with Crippen molar-refractivity contribution < 1.29 is 14.2 Å². The molecule has 2 heterocycles. The second-order valence-electron chi connectivity index (χ2n) is 4.34. The maximum absolute atomic E-state index is 14.0. The van der Waals surface area contributed by atoms with Gasteiger partial charge in [0.2, 0.25) is 0 Å². The van der Waals surface area contributed by atoms with E-state index in [0.29, 0.717) is 22.0 Å². The molecule has 1 aliphatic rings. The third-order valence-corrected chi connectivity index (χ3v) is 3.19. The molecule has 2 N–H and O–H groups in total. The highest BCUT2D eigenvalue weighted by Gasteiger charge is 2.26. The lowest BCUT2D eigenvalue weighted by atomic mass is 9.99. The largest absolute Gasteiger partial charge is 0.487 e. The maximum Gasteiger partial charge on any atom is 0.291 e. The van der Waals surface area contributed by atoms with Gasteiger partial charge in [0.05, 0.1) is 13.2 Å². The Morgan fingerprint density at radius 3 is 3.11 bits per heavy atom. The summed E-state index contributed by atoms with van der Waals surface area (Å²) in [5, 5.41) is 9.70. The number of hydrogen-bond donors (Lipinski definition) is 2. The maximum atomic E-state index is 14.0. The van der Waals surface area contributed by atoms with Crippen molar-refractivity contribution in [3.8, 4) is 5.75 Å². The third-order valence-electron chi connectivity index (χ3n) is 3.19. The van der Waals surface area contributed by atoms with Crippen LogP contribution in [-0.2, 0) is 6.61 Å². The van der Waals surface area contributed by atoms with Crippen molar-refractivity contribution in [2.75, 3.05) is 6.61 Å². The van der Waals surface area contributed by atoms with Crippen molar-refractivity contribution in [3.05, 3.63) is 39.7 Å². The number of fused-ring (bicyclic) bond motifs is 3. The zero-order valence-corrected chi connectivity index (χ0v) is 9.57. The predicted octanol–water partition coefficient (Wildman–Crippen LogP) is 1.81. The molecular formula is C13H12FNO3. The first-order chi connectivity index (χ1) is 8.70. The number of nitrogens with one attached hydrogen (secondary N) is 1. The summed E-state index contributed by atoms with van der Waals surface area (Å²) < 4.78 is 19.2. The van der Waals surface area contributed by atoms with Crippen LogP contribution in [0.25, 0.3) is 10.9 Å². The Morgan fingerprint density at radius 2 is 2.33 bits per heavy atom. The molecule has 0 saturated carbocycles. The van der Waals surface area contributed by atoms with Gasteiger partial charge in [-0.1, -0.05) is 12.1 Å². The third kappa shape index (κ3) is 1.59. The lowest BCUT2D eigenvalue weighted by Crippen LogP contribution is -2.21. The van der Waals surface area contributed by atoms with Gasteiger partial charge in [0.1, 0.15) is 6.17 Å².